The molecule has 1 aromatic heterocycles. The second-order valence-corrected chi connectivity index (χ2v) is 9.23. The summed E-state index contributed by atoms with van der Waals surface area (Å²) in [5, 5.41) is 7.25. The van der Waals surface area contributed by atoms with Gasteiger partial charge in [0.2, 0.25) is 15.9 Å². The summed E-state index contributed by atoms with van der Waals surface area (Å²) >= 11 is 6.20. The van der Waals surface area contributed by atoms with Crippen LogP contribution < -0.4 is 10.0 Å². The molecular weight excluding hydrogens is 404 g/mol. The van der Waals surface area contributed by atoms with Crippen molar-refractivity contribution in [2.75, 3.05) is 7.05 Å². The first kappa shape index (κ1) is 20.8. The van der Waals surface area contributed by atoms with Gasteiger partial charge in [-0.15, -0.1) is 0 Å². The number of carbonyl (C=O) groups excluding carboxylic acids is 1. The maximum Gasteiger partial charge on any atom is 0.253 e. The predicted molar refractivity (Wildman–Crippen MR) is 104 cm³/mol. The molecule has 0 aliphatic heterocycles. The number of nitrogens with one attached hydrogen (secondary N) is 2. The number of benzene rings is 1. The molecule has 28 heavy (non-hydrogen) atoms. The van der Waals surface area contributed by atoms with Crippen molar-refractivity contribution in [3.8, 4) is 0 Å². The molecule has 0 radical (unpaired) electrons. The first-order valence-corrected chi connectivity index (χ1v) is 11.0. The Bertz CT molecular complexity index is 966. The van der Waals surface area contributed by atoms with Crippen molar-refractivity contribution in [1.29, 1.82) is 0 Å². The fourth-order valence-electron chi connectivity index (χ4n) is 3.48. The molecule has 1 fully saturated rings. The van der Waals surface area contributed by atoms with Crippen molar-refractivity contribution >= 4 is 27.5 Å². The monoisotopic (exact) mass is 426 g/mol. The van der Waals surface area contributed by atoms with E-state index in [1.54, 1.807) is 6.92 Å². The lowest BCUT2D eigenvalue weighted by Crippen LogP contribution is -2.46. The zero-order valence-corrected chi connectivity index (χ0v) is 17.4. The number of nitrogens with zero attached hydrogens (tertiary/aromatic N) is 2. The highest BCUT2D eigenvalue weighted by Gasteiger charge is 2.39. The Balaban J connectivity index is 1.98. The van der Waals surface area contributed by atoms with Crippen LogP contribution in [0.25, 0.3) is 0 Å². The van der Waals surface area contributed by atoms with Gasteiger partial charge in [-0.05, 0) is 38.1 Å². The minimum absolute atomic E-state index is 0.0325. The number of hydrogen-bond donors (Lipinski definition) is 2. The van der Waals surface area contributed by atoms with Crippen LogP contribution in [0.5, 0.6) is 0 Å². The summed E-state index contributed by atoms with van der Waals surface area (Å²) in [5.41, 5.74) is -0.686. The molecule has 0 atom stereocenters. The van der Waals surface area contributed by atoms with Crippen molar-refractivity contribution < 1.29 is 17.7 Å². The number of sulfonamides is 1. The number of carbonyl (C=O) groups is 1. The van der Waals surface area contributed by atoms with E-state index in [0.717, 1.165) is 25.7 Å². The van der Waals surface area contributed by atoms with E-state index in [1.807, 2.05) is 0 Å². The van der Waals surface area contributed by atoms with E-state index in [0.29, 0.717) is 24.6 Å². The second-order valence-electron chi connectivity index (χ2n) is 6.94. The summed E-state index contributed by atoms with van der Waals surface area (Å²) in [6.45, 7) is 1.70. The first-order valence-electron chi connectivity index (χ1n) is 9.14. The van der Waals surface area contributed by atoms with Gasteiger partial charge in [0.1, 0.15) is 5.54 Å². The molecule has 0 spiro atoms. The molecule has 0 bridgehead atoms. The molecule has 2 N–H and O–H groups in total. The van der Waals surface area contributed by atoms with E-state index in [1.165, 1.54) is 25.2 Å². The van der Waals surface area contributed by atoms with Gasteiger partial charge in [0.25, 0.3) is 5.91 Å². The molecule has 152 valence electrons. The quantitative estimate of drug-likeness (QED) is 0.710. The standard InChI is InChI=1S/C18H23ClN4O4S/c1-12-21-17(23-27-12)18(9-5-3-4-6-10-18)22-16(24)14-11-13(7-8-15(14)19)28(25,26)20-2/h7-8,11,20H,3-6,9-10H2,1-2H3,(H,22,24). The average molecular weight is 427 g/mol. The summed E-state index contributed by atoms with van der Waals surface area (Å²) in [6.07, 6.45) is 5.29. The molecule has 1 amide bonds. The normalized spacial score (nSPS) is 17.1. The van der Waals surface area contributed by atoms with Crippen LogP contribution in [0.2, 0.25) is 5.02 Å². The van der Waals surface area contributed by atoms with Gasteiger partial charge < -0.3 is 9.84 Å². The van der Waals surface area contributed by atoms with Crippen LogP contribution in [-0.2, 0) is 15.6 Å². The molecule has 10 heteroatoms. The van der Waals surface area contributed by atoms with Crippen LogP contribution in [0.4, 0.5) is 0 Å². The van der Waals surface area contributed by atoms with Crippen molar-refractivity contribution in [3.63, 3.8) is 0 Å². The second kappa shape index (κ2) is 8.18. The van der Waals surface area contributed by atoms with Crippen LogP contribution in [0, 0.1) is 6.92 Å². The minimum Gasteiger partial charge on any atom is -0.340 e. The third kappa shape index (κ3) is 4.21. The number of amides is 1. The minimum atomic E-state index is -3.70. The van der Waals surface area contributed by atoms with E-state index < -0.39 is 21.5 Å². The fraction of sp³-hybridized carbons (Fsp3) is 0.500. The van der Waals surface area contributed by atoms with Crippen molar-refractivity contribution in [2.45, 2.75) is 55.9 Å². The average Bonchev–Trinajstić information content (AvgIpc) is 2.97. The van der Waals surface area contributed by atoms with Crippen LogP contribution in [0.3, 0.4) is 0 Å². The lowest BCUT2D eigenvalue weighted by molar-refractivity contribution is 0.0876. The number of aromatic nitrogens is 2. The molecule has 2 aromatic rings. The fourth-order valence-corrected chi connectivity index (χ4v) is 4.44. The molecule has 1 saturated carbocycles. The highest BCUT2D eigenvalue weighted by molar-refractivity contribution is 7.89. The molecular formula is C18H23ClN4O4S. The SMILES string of the molecule is CNS(=O)(=O)c1ccc(Cl)c(C(=O)NC2(c3noc(C)n3)CCCCCC2)c1. The van der Waals surface area contributed by atoms with Gasteiger partial charge in [-0.2, -0.15) is 4.98 Å². The summed E-state index contributed by atoms with van der Waals surface area (Å²) in [6, 6.07) is 4.03. The van der Waals surface area contributed by atoms with Gasteiger partial charge in [-0.3, -0.25) is 4.79 Å². The Morgan fingerprint density at radius 3 is 2.46 bits per heavy atom. The Morgan fingerprint density at radius 2 is 1.89 bits per heavy atom. The van der Waals surface area contributed by atoms with Gasteiger partial charge in [-0.1, -0.05) is 42.4 Å². The summed E-state index contributed by atoms with van der Waals surface area (Å²) in [5.74, 6) is 0.394. The van der Waals surface area contributed by atoms with Crippen LogP contribution in [-0.4, -0.2) is 31.5 Å². The molecule has 1 aromatic carbocycles. The maximum atomic E-state index is 13.1. The largest absolute Gasteiger partial charge is 0.340 e. The molecule has 0 saturated heterocycles. The van der Waals surface area contributed by atoms with Crippen LogP contribution >= 0.6 is 11.6 Å². The summed E-state index contributed by atoms with van der Waals surface area (Å²) in [4.78, 5) is 17.4. The number of rotatable bonds is 5. The molecule has 0 unspecified atom stereocenters. The highest BCUT2D eigenvalue weighted by atomic mass is 35.5. The van der Waals surface area contributed by atoms with Gasteiger partial charge in [0.15, 0.2) is 5.82 Å². The third-order valence-corrected chi connectivity index (χ3v) is 6.77. The van der Waals surface area contributed by atoms with E-state index in [4.69, 9.17) is 16.1 Å². The van der Waals surface area contributed by atoms with Gasteiger partial charge in [0.05, 0.1) is 15.5 Å². The molecule has 8 nitrogen and oxygen atoms in total. The Kier molecular flexibility index (Phi) is 6.07. The van der Waals surface area contributed by atoms with E-state index in [9.17, 15) is 13.2 Å². The van der Waals surface area contributed by atoms with Gasteiger partial charge >= 0.3 is 0 Å². The van der Waals surface area contributed by atoms with Crippen molar-refractivity contribution in [1.82, 2.24) is 20.2 Å². The maximum absolute atomic E-state index is 13.1. The zero-order chi connectivity index (χ0) is 20.4. The first-order chi connectivity index (χ1) is 13.3. The van der Waals surface area contributed by atoms with Crippen molar-refractivity contribution in [3.05, 3.63) is 40.5 Å². The number of hydrogen-bond acceptors (Lipinski definition) is 6. The van der Waals surface area contributed by atoms with Crippen LogP contribution in [0.15, 0.2) is 27.6 Å². The van der Waals surface area contributed by atoms with Gasteiger partial charge in [-0.25, -0.2) is 13.1 Å². The third-order valence-electron chi connectivity index (χ3n) is 5.03. The predicted octanol–water partition coefficient (Wildman–Crippen LogP) is 2.92. The lowest BCUT2D eigenvalue weighted by atomic mass is 9.88. The Morgan fingerprint density at radius 1 is 1.21 bits per heavy atom. The Hall–Kier alpha value is -1.97. The molecule has 1 aliphatic carbocycles. The van der Waals surface area contributed by atoms with Crippen molar-refractivity contribution in [2.24, 2.45) is 0 Å². The topological polar surface area (TPSA) is 114 Å². The van der Waals surface area contributed by atoms with E-state index >= 15 is 0 Å². The van der Waals surface area contributed by atoms with E-state index in [-0.39, 0.29) is 15.5 Å². The molecule has 3 rings (SSSR count). The summed E-state index contributed by atoms with van der Waals surface area (Å²) in [7, 11) is -2.39. The Labute approximate surface area is 169 Å². The zero-order valence-electron chi connectivity index (χ0n) is 15.8. The number of aryl methyl sites for hydroxylation is 1. The lowest BCUT2D eigenvalue weighted by Gasteiger charge is -2.31. The smallest absolute Gasteiger partial charge is 0.253 e. The van der Waals surface area contributed by atoms with Crippen LogP contribution in [0.1, 0.15) is 60.6 Å². The highest BCUT2D eigenvalue weighted by Crippen LogP contribution is 2.35. The van der Waals surface area contributed by atoms with Gasteiger partial charge in [0, 0.05) is 6.92 Å². The number of halogens is 1. The molecule has 1 aliphatic rings. The molecule has 1 heterocycles. The summed E-state index contributed by atoms with van der Waals surface area (Å²) < 4.78 is 31.6. The van der Waals surface area contributed by atoms with E-state index in [2.05, 4.69) is 20.2 Å².